The van der Waals surface area contributed by atoms with Gasteiger partial charge < -0.3 is 0 Å². The fourth-order valence-electron chi connectivity index (χ4n) is 0.752. The molecule has 0 fully saturated rings. The molecular formula is C7H4BrF3IN. The summed E-state index contributed by atoms with van der Waals surface area (Å²) in [5.41, 5.74) is -0.0878. The number of aromatic nitrogens is 1. The van der Waals surface area contributed by atoms with Gasteiger partial charge in [-0.15, -0.1) is 0 Å². The van der Waals surface area contributed by atoms with Crippen LogP contribution in [0.1, 0.15) is 11.3 Å². The number of pyridine rings is 1. The minimum absolute atomic E-state index is 0.176. The van der Waals surface area contributed by atoms with Gasteiger partial charge in [-0.25, -0.2) is 0 Å². The predicted molar refractivity (Wildman–Crippen MR) is 54.6 cm³/mol. The molecule has 0 amide bonds. The van der Waals surface area contributed by atoms with E-state index in [1.807, 2.05) is 0 Å². The molecule has 72 valence electrons. The van der Waals surface area contributed by atoms with Gasteiger partial charge in [-0.1, -0.05) is 15.9 Å². The number of alkyl halides is 4. The molecule has 1 aromatic heterocycles. The second-order valence-corrected chi connectivity index (χ2v) is 4.01. The highest BCUT2D eigenvalue weighted by atomic mass is 127. The molecule has 0 radical (unpaired) electrons. The Kier molecular flexibility index (Phi) is 3.56. The summed E-state index contributed by atoms with van der Waals surface area (Å²) >= 11 is 4.77. The standard InChI is InChI=1S/C7H4BrF3IN/c8-2-4-1-6(12)5(3-13-4)7(9,10)11/h1,3H,2H2. The van der Waals surface area contributed by atoms with Gasteiger partial charge in [0.1, 0.15) is 0 Å². The summed E-state index contributed by atoms with van der Waals surface area (Å²) in [4.78, 5) is 3.65. The Balaban J connectivity index is 3.13. The first-order valence-corrected chi connectivity index (χ1v) is 5.42. The lowest BCUT2D eigenvalue weighted by atomic mass is 10.2. The molecule has 1 aromatic rings. The van der Waals surface area contributed by atoms with Crippen molar-refractivity contribution in [2.75, 3.05) is 0 Å². The third-order valence-corrected chi connectivity index (χ3v) is 2.82. The summed E-state index contributed by atoms with van der Waals surface area (Å²) in [5.74, 6) is 0. The summed E-state index contributed by atoms with van der Waals surface area (Å²) in [6.45, 7) is 0. The molecule has 0 aliphatic heterocycles. The van der Waals surface area contributed by atoms with E-state index in [4.69, 9.17) is 0 Å². The Hall–Kier alpha value is 0.150. The van der Waals surface area contributed by atoms with Crippen molar-refractivity contribution in [3.8, 4) is 0 Å². The van der Waals surface area contributed by atoms with Crippen LogP contribution in [0.5, 0.6) is 0 Å². The van der Waals surface area contributed by atoms with Gasteiger partial charge in [-0.3, -0.25) is 4.98 Å². The van der Waals surface area contributed by atoms with E-state index in [1.54, 1.807) is 22.6 Å². The van der Waals surface area contributed by atoms with Crippen LogP contribution in [-0.4, -0.2) is 4.98 Å². The first-order valence-electron chi connectivity index (χ1n) is 3.22. The van der Waals surface area contributed by atoms with E-state index in [2.05, 4.69) is 20.9 Å². The number of hydrogen-bond donors (Lipinski definition) is 0. The van der Waals surface area contributed by atoms with Crippen LogP contribution in [0.2, 0.25) is 0 Å². The van der Waals surface area contributed by atoms with E-state index in [1.165, 1.54) is 6.07 Å². The molecule has 0 aliphatic carbocycles. The van der Waals surface area contributed by atoms with E-state index >= 15 is 0 Å². The zero-order valence-electron chi connectivity index (χ0n) is 6.20. The van der Waals surface area contributed by atoms with Crippen molar-refractivity contribution in [3.05, 3.63) is 27.1 Å². The van der Waals surface area contributed by atoms with Crippen LogP contribution in [0, 0.1) is 3.57 Å². The number of nitrogens with zero attached hydrogens (tertiary/aromatic N) is 1. The lowest BCUT2D eigenvalue weighted by Gasteiger charge is -2.08. The van der Waals surface area contributed by atoms with Gasteiger partial charge in [0, 0.05) is 15.1 Å². The fourth-order valence-corrected chi connectivity index (χ4v) is 1.86. The van der Waals surface area contributed by atoms with Crippen molar-refractivity contribution in [1.82, 2.24) is 4.98 Å². The van der Waals surface area contributed by atoms with Crippen molar-refractivity contribution in [2.45, 2.75) is 11.5 Å². The Bertz CT molecular complexity index is 313. The van der Waals surface area contributed by atoms with Crippen LogP contribution in [0.4, 0.5) is 13.2 Å². The number of hydrogen-bond acceptors (Lipinski definition) is 1. The Morgan fingerprint density at radius 2 is 2.08 bits per heavy atom. The van der Waals surface area contributed by atoms with E-state index in [9.17, 15) is 13.2 Å². The summed E-state index contributed by atoms with van der Waals surface area (Å²) < 4.78 is 36.9. The van der Waals surface area contributed by atoms with E-state index < -0.39 is 11.7 Å². The molecule has 0 aromatic carbocycles. The van der Waals surface area contributed by atoms with Crippen LogP contribution >= 0.6 is 38.5 Å². The van der Waals surface area contributed by atoms with Crippen LogP contribution < -0.4 is 0 Å². The van der Waals surface area contributed by atoms with Crippen LogP contribution in [0.15, 0.2) is 12.3 Å². The Labute approximate surface area is 95.0 Å². The predicted octanol–water partition coefficient (Wildman–Crippen LogP) is 3.60. The maximum absolute atomic E-state index is 12.2. The summed E-state index contributed by atoms with van der Waals surface area (Å²) in [6.07, 6.45) is -3.45. The highest BCUT2D eigenvalue weighted by molar-refractivity contribution is 14.1. The first kappa shape index (κ1) is 11.2. The molecule has 0 spiro atoms. The Morgan fingerprint density at radius 3 is 2.46 bits per heavy atom. The SMILES string of the molecule is FC(F)(F)c1cnc(CBr)cc1I. The minimum atomic E-state index is -4.31. The monoisotopic (exact) mass is 365 g/mol. The molecular weight excluding hydrogens is 362 g/mol. The van der Waals surface area contributed by atoms with E-state index in [0.717, 1.165) is 6.20 Å². The Morgan fingerprint density at radius 1 is 1.46 bits per heavy atom. The topological polar surface area (TPSA) is 12.9 Å². The van der Waals surface area contributed by atoms with Gasteiger partial charge in [0.15, 0.2) is 0 Å². The molecule has 0 bridgehead atoms. The minimum Gasteiger partial charge on any atom is -0.260 e. The van der Waals surface area contributed by atoms with Gasteiger partial charge in [0.25, 0.3) is 0 Å². The molecule has 0 N–H and O–H groups in total. The van der Waals surface area contributed by atoms with Crippen LogP contribution in [0.25, 0.3) is 0 Å². The number of halogens is 5. The van der Waals surface area contributed by atoms with Crippen LogP contribution in [-0.2, 0) is 11.5 Å². The average Bonchev–Trinajstić information content (AvgIpc) is 2.01. The van der Waals surface area contributed by atoms with Crippen molar-refractivity contribution < 1.29 is 13.2 Å². The van der Waals surface area contributed by atoms with Crippen molar-refractivity contribution >= 4 is 38.5 Å². The van der Waals surface area contributed by atoms with E-state index in [0.29, 0.717) is 11.0 Å². The largest absolute Gasteiger partial charge is 0.418 e. The second kappa shape index (κ2) is 4.12. The lowest BCUT2D eigenvalue weighted by molar-refractivity contribution is -0.138. The number of rotatable bonds is 1. The van der Waals surface area contributed by atoms with Gasteiger partial charge in [0.2, 0.25) is 0 Å². The van der Waals surface area contributed by atoms with Gasteiger partial charge in [0.05, 0.1) is 11.3 Å². The molecule has 13 heavy (non-hydrogen) atoms. The molecule has 1 rings (SSSR count). The first-order chi connectivity index (χ1) is 5.95. The van der Waals surface area contributed by atoms with Gasteiger partial charge in [-0.05, 0) is 28.7 Å². The maximum Gasteiger partial charge on any atom is 0.418 e. The summed E-state index contributed by atoms with van der Waals surface area (Å²) in [7, 11) is 0. The molecule has 6 heteroatoms. The molecule has 0 saturated heterocycles. The lowest BCUT2D eigenvalue weighted by Crippen LogP contribution is -2.08. The van der Waals surface area contributed by atoms with Crippen molar-refractivity contribution in [3.63, 3.8) is 0 Å². The second-order valence-electron chi connectivity index (χ2n) is 2.29. The highest BCUT2D eigenvalue weighted by Crippen LogP contribution is 2.32. The average molecular weight is 366 g/mol. The van der Waals surface area contributed by atoms with Gasteiger partial charge in [-0.2, -0.15) is 13.2 Å². The molecule has 1 heterocycles. The van der Waals surface area contributed by atoms with Crippen molar-refractivity contribution in [1.29, 1.82) is 0 Å². The zero-order chi connectivity index (χ0) is 10.1. The van der Waals surface area contributed by atoms with Crippen molar-refractivity contribution in [2.24, 2.45) is 0 Å². The highest BCUT2D eigenvalue weighted by Gasteiger charge is 2.33. The van der Waals surface area contributed by atoms with E-state index in [-0.39, 0.29) is 3.57 Å². The summed E-state index contributed by atoms with van der Waals surface area (Å²) in [5, 5.41) is 0.459. The fraction of sp³-hybridized carbons (Fsp3) is 0.286. The third kappa shape index (κ3) is 2.80. The summed E-state index contributed by atoms with van der Waals surface area (Å²) in [6, 6.07) is 1.41. The maximum atomic E-state index is 12.2. The molecule has 0 aliphatic rings. The molecule has 0 saturated carbocycles. The zero-order valence-corrected chi connectivity index (χ0v) is 9.94. The smallest absolute Gasteiger partial charge is 0.260 e. The quantitative estimate of drug-likeness (QED) is 0.547. The molecule has 0 unspecified atom stereocenters. The third-order valence-electron chi connectivity index (χ3n) is 1.35. The van der Waals surface area contributed by atoms with Crippen LogP contribution in [0.3, 0.4) is 0 Å². The van der Waals surface area contributed by atoms with Gasteiger partial charge >= 0.3 is 6.18 Å². The normalized spacial score (nSPS) is 11.8. The molecule has 0 atom stereocenters. The molecule has 1 nitrogen and oxygen atoms in total.